The smallest absolute Gasteiger partial charge is 0.0715 e. The van der Waals surface area contributed by atoms with E-state index in [2.05, 4.69) is 25.5 Å². The Hall–Kier alpha value is -0.830. The first-order chi connectivity index (χ1) is 7.60. The van der Waals surface area contributed by atoms with Crippen LogP contribution in [0.5, 0.6) is 0 Å². The monoisotopic (exact) mass is 221 g/mol. The Morgan fingerprint density at radius 2 is 2.19 bits per heavy atom. The van der Waals surface area contributed by atoms with E-state index in [1.807, 2.05) is 0 Å². The molecule has 90 valence electrons. The lowest BCUT2D eigenvalue weighted by atomic mass is 9.76. The van der Waals surface area contributed by atoms with E-state index in [4.69, 9.17) is 10.8 Å². The lowest BCUT2D eigenvalue weighted by Gasteiger charge is -2.28. The summed E-state index contributed by atoms with van der Waals surface area (Å²) in [4.78, 5) is 0. The first kappa shape index (κ1) is 11.6. The molecular formula is C13H23N3. The summed E-state index contributed by atoms with van der Waals surface area (Å²) in [7, 11) is 0. The molecule has 1 heterocycles. The van der Waals surface area contributed by atoms with Crippen LogP contribution in [-0.4, -0.2) is 16.3 Å². The maximum absolute atomic E-state index is 5.65. The minimum Gasteiger partial charge on any atom is -0.329 e. The van der Waals surface area contributed by atoms with Crippen molar-refractivity contribution in [2.45, 2.75) is 58.4 Å². The Labute approximate surface area is 98.0 Å². The van der Waals surface area contributed by atoms with Gasteiger partial charge in [0.15, 0.2) is 0 Å². The highest BCUT2D eigenvalue weighted by Gasteiger charge is 2.32. The minimum atomic E-state index is 0.247. The maximum Gasteiger partial charge on any atom is 0.0715 e. The molecule has 0 aromatic carbocycles. The summed E-state index contributed by atoms with van der Waals surface area (Å²) in [6.07, 6.45) is 4.81. The molecule has 16 heavy (non-hydrogen) atoms. The number of aromatic nitrogens is 2. The second kappa shape index (κ2) is 4.21. The third-order valence-electron chi connectivity index (χ3n) is 3.71. The molecule has 1 aromatic heterocycles. The molecule has 1 aliphatic rings. The standard InChI is InChI=1S/C13H23N3/c1-4-11-10-6-5-7-13(2,3)12(10)15-16(11)9-8-14/h4-9,14H2,1-3H3. The van der Waals surface area contributed by atoms with Crippen molar-refractivity contribution < 1.29 is 0 Å². The van der Waals surface area contributed by atoms with Crippen LogP contribution in [0.1, 0.15) is 50.6 Å². The first-order valence-corrected chi connectivity index (χ1v) is 6.39. The van der Waals surface area contributed by atoms with Gasteiger partial charge < -0.3 is 5.73 Å². The molecule has 2 rings (SSSR count). The van der Waals surface area contributed by atoms with Gasteiger partial charge in [-0.15, -0.1) is 0 Å². The molecule has 0 atom stereocenters. The van der Waals surface area contributed by atoms with E-state index in [0.29, 0.717) is 6.54 Å². The number of hydrogen-bond donors (Lipinski definition) is 1. The topological polar surface area (TPSA) is 43.8 Å². The predicted molar refractivity (Wildman–Crippen MR) is 66.6 cm³/mol. The number of nitrogens with zero attached hydrogens (tertiary/aromatic N) is 2. The van der Waals surface area contributed by atoms with Crippen molar-refractivity contribution in [3.63, 3.8) is 0 Å². The Kier molecular flexibility index (Phi) is 3.06. The molecule has 3 heteroatoms. The van der Waals surface area contributed by atoms with Gasteiger partial charge >= 0.3 is 0 Å². The van der Waals surface area contributed by atoms with Crippen molar-refractivity contribution in [3.8, 4) is 0 Å². The number of fused-ring (bicyclic) bond motifs is 1. The maximum atomic E-state index is 5.65. The zero-order valence-corrected chi connectivity index (χ0v) is 10.7. The van der Waals surface area contributed by atoms with Gasteiger partial charge in [0.1, 0.15) is 0 Å². The van der Waals surface area contributed by atoms with Gasteiger partial charge in [0.25, 0.3) is 0 Å². The van der Waals surface area contributed by atoms with Crippen molar-refractivity contribution in [2.24, 2.45) is 5.73 Å². The lowest BCUT2D eigenvalue weighted by molar-refractivity contribution is 0.415. The lowest BCUT2D eigenvalue weighted by Crippen LogP contribution is -2.24. The Morgan fingerprint density at radius 1 is 1.44 bits per heavy atom. The van der Waals surface area contributed by atoms with Crippen molar-refractivity contribution in [1.82, 2.24) is 9.78 Å². The van der Waals surface area contributed by atoms with Crippen molar-refractivity contribution in [3.05, 3.63) is 17.0 Å². The fraction of sp³-hybridized carbons (Fsp3) is 0.769. The first-order valence-electron chi connectivity index (χ1n) is 6.39. The fourth-order valence-electron chi connectivity index (χ4n) is 2.87. The molecule has 1 aromatic rings. The Bertz CT molecular complexity index is 377. The SMILES string of the molecule is CCc1c2c(nn1CCN)C(C)(C)CCC2. The summed E-state index contributed by atoms with van der Waals surface area (Å²) in [5, 5.41) is 4.80. The summed E-state index contributed by atoms with van der Waals surface area (Å²) >= 11 is 0. The molecule has 0 radical (unpaired) electrons. The summed E-state index contributed by atoms with van der Waals surface area (Å²) < 4.78 is 2.14. The van der Waals surface area contributed by atoms with Crippen LogP contribution in [0.4, 0.5) is 0 Å². The van der Waals surface area contributed by atoms with Gasteiger partial charge in [-0.3, -0.25) is 4.68 Å². The molecule has 0 amide bonds. The summed E-state index contributed by atoms with van der Waals surface area (Å²) in [5.41, 5.74) is 10.1. The van der Waals surface area contributed by atoms with E-state index in [9.17, 15) is 0 Å². The van der Waals surface area contributed by atoms with E-state index in [1.54, 1.807) is 0 Å². The summed E-state index contributed by atoms with van der Waals surface area (Å²) in [5.74, 6) is 0. The van der Waals surface area contributed by atoms with E-state index < -0.39 is 0 Å². The predicted octanol–water partition coefficient (Wildman–Crippen LogP) is 2.02. The molecular weight excluding hydrogens is 198 g/mol. The van der Waals surface area contributed by atoms with E-state index in [-0.39, 0.29) is 5.41 Å². The van der Waals surface area contributed by atoms with E-state index in [0.717, 1.165) is 13.0 Å². The van der Waals surface area contributed by atoms with Crippen LogP contribution >= 0.6 is 0 Å². The number of hydrogen-bond acceptors (Lipinski definition) is 2. The van der Waals surface area contributed by atoms with Crippen molar-refractivity contribution >= 4 is 0 Å². The van der Waals surface area contributed by atoms with Crippen molar-refractivity contribution in [1.29, 1.82) is 0 Å². The molecule has 0 unspecified atom stereocenters. The average molecular weight is 221 g/mol. The quantitative estimate of drug-likeness (QED) is 0.848. The molecule has 0 saturated heterocycles. The fourth-order valence-corrected chi connectivity index (χ4v) is 2.87. The van der Waals surface area contributed by atoms with E-state index >= 15 is 0 Å². The van der Waals surface area contributed by atoms with Gasteiger partial charge in [-0.1, -0.05) is 20.8 Å². The van der Waals surface area contributed by atoms with Crippen LogP contribution in [0.2, 0.25) is 0 Å². The van der Waals surface area contributed by atoms with Crippen LogP contribution < -0.4 is 5.73 Å². The molecule has 0 bridgehead atoms. The zero-order valence-electron chi connectivity index (χ0n) is 10.7. The zero-order chi connectivity index (χ0) is 11.8. The average Bonchev–Trinajstić information content (AvgIpc) is 2.57. The number of rotatable bonds is 3. The van der Waals surface area contributed by atoms with Crippen LogP contribution in [0.25, 0.3) is 0 Å². The molecule has 0 spiro atoms. The van der Waals surface area contributed by atoms with Gasteiger partial charge in [-0.2, -0.15) is 5.10 Å². The van der Waals surface area contributed by atoms with E-state index in [1.165, 1.54) is 36.2 Å². The highest BCUT2D eigenvalue weighted by molar-refractivity contribution is 5.34. The van der Waals surface area contributed by atoms with Gasteiger partial charge in [0.05, 0.1) is 12.2 Å². The normalized spacial score (nSPS) is 18.5. The van der Waals surface area contributed by atoms with Crippen LogP contribution in [-0.2, 0) is 24.8 Å². The minimum absolute atomic E-state index is 0.247. The molecule has 0 aliphatic heterocycles. The number of nitrogens with two attached hydrogens (primary N) is 1. The van der Waals surface area contributed by atoms with Crippen LogP contribution in [0.3, 0.4) is 0 Å². The Morgan fingerprint density at radius 3 is 2.81 bits per heavy atom. The highest BCUT2D eigenvalue weighted by Crippen LogP contribution is 2.37. The van der Waals surface area contributed by atoms with Gasteiger partial charge in [-0.05, 0) is 31.2 Å². The summed E-state index contributed by atoms with van der Waals surface area (Å²) in [6.45, 7) is 8.36. The van der Waals surface area contributed by atoms with Crippen LogP contribution in [0, 0.1) is 0 Å². The largest absolute Gasteiger partial charge is 0.329 e. The second-order valence-electron chi connectivity index (χ2n) is 5.38. The molecule has 0 saturated carbocycles. The third-order valence-corrected chi connectivity index (χ3v) is 3.71. The summed E-state index contributed by atoms with van der Waals surface area (Å²) in [6, 6.07) is 0. The molecule has 1 aliphatic carbocycles. The van der Waals surface area contributed by atoms with Gasteiger partial charge in [-0.25, -0.2) is 0 Å². The second-order valence-corrected chi connectivity index (χ2v) is 5.38. The molecule has 0 fully saturated rings. The molecule has 2 N–H and O–H groups in total. The third kappa shape index (κ3) is 1.77. The Balaban J connectivity index is 2.48. The highest BCUT2D eigenvalue weighted by atomic mass is 15.3. The van der Waals surface area contributed by atoms with Gasteiger partial charge in [0, 0.05) is 17.7 Å². The van der Waals surface area contributed by atoms with Gasteiger partial charge in [0.2, 0.25) is 0 Å². The van der Waals surface area contributed by atoms with Crippen LogP contribution in [0.15, 0.2) is 0 Å². The molecule has 3 nitrogen and oxygen atoms in total. The van der Waals surface area contributed by atoms with Crippen molar-refractivity contribution in [2.75, 3.05) is 6.54 Å².